The number of aromatic nitrogens is 4. The maximum Gasteiger partial charge on any atom is 0.213 e. The van der Waals surface area contributed by atoms with Crippen LogP contribution >= 0.6 is 0 Å². The van der Waals surface area contributed by atoms with Crippen molar-refractivity contribution in [3.05, 3.63) is 35.3 Å². The van der Waals surface area contributed by atoms with Crippen molar-refractivity contribution >= 4 is 11.2 Å². The van der Waals surface area contributed by atoms with Gasteiger partial charge in [0.25, 0.3) is 0 Å². The summed E-state index contributed by atoms with van der Waals surface area (Å²) in [6.45, 7) is 8.73. The molecule has 0 atom stereocenters. The highest BCUT2D eigenvalue weighted by molar-refractivity contribution is 5.80. The van der Waals surface area contributed by atoms with Gasteiger partial charge in [0.2, 0.25) is 5.88 Å². The van der Waals surface area contributed by atoms with Gasteiger partial charge in [0, 0.05) is 24.9 Å². The second-order valence-corrected chi connectivity index (χ2v) is 5.68. The summed E-state index contributed by atoms with van der Waals surface area (Å²) < 4.78 is 7.53. The zero-order valence-corrected chi connectivity index (χ0v) is 14.3. The number of pyridine rings is 1. The summed E-state index contributed by atoms with van der Waals surface area (Å²) >= 11 is 0. The molecule has 0 radical (unpaired) electrons. The van der Waals surface area contributed by atoms with Crippen molar-refractivity contribution in [3.8, 4) is 17.1 Å². The molecule has 0 saturated carbocycles. The Morgan fingerprint density at radius 1 is 1.09 bits per heavy atom. The Kier molecular flexibility index (Phi) is 4.03. The average molecular weight is 310 g/mol. The van der Waals surface area contributed by atoms with Crippen LogP contribution in [0, 0.1) is 13.8 Å². The van der Waals surface area contributed by atoms with E-state index in [9.17, 15) is 0 Å². The number of nitrogens with zero attached hydrogens (tertiary/aromatic N) is 4. The summed E-state index contributed by atoms with van der Waals surface area (Å²) in [5.74, 6) is 0.663. The van der Waals surface area contributed by atoms with Crippen LogP contribution in [0.3, 0.4) is 0 Å². The minimum absolute atomic E-state index is 0.615. The van der Waals surface area contributed by atoms with Crippen molar-refractivity contribution in [2.24, 2.45) is 7.05 Å². The molecule has 3 aromatic rings. The first kappa shape index (κ1) is 15.5. The molecule has 0 aliphatic rings. The third kappa shape index (κ3) is 2.67. The standard InChI is InChI=1S/C18H22N4O/c1-6-14-13(8-9-15(20-14)23-7-2)17-12(4)19-18-16(21-17)11(3)10-22(18)5/h8-10H,6-7H2,1-5H3. The Labute approximate surface area is 136 Å². The van der Waals surface area contributed by atoms with Gasteiger partial charge < -0.3 is 9.30 Å². The van der Waals surface area contributed by atoms with E-state index in [0.29, 0.717) is 12.5 Å². The zero-order chi connectivity index (χ0) is 16.6. The van der Waals surface area contributed by atoms with Crippen LogP contribution in [0.15, 0.2) is 18.3 Å². The SMILES string of the molecule is CCOc1ccc(-c2nc3c(C)cn(C)c3nc2C)c(CC)n1. The molecule has 0 aromatic carbocycles. The fourth-order valence-corrected chi connectivity index (χ4v) is 2.88. The van der Waals surface area contributed by atoms with E-state index >= 15 is 0 Å². The van der Waals surface area contributed by atoms with E-state index in [-0.39, 0.29) is 0 Å². The summed E-state index contributed by atoms with van der Waals surface area (Å²) in [4.78, 5) is 14.2. The van der Waals surface area contributed by atoms with Crippen LogP contribution in [0.5, 0.6) is 5.88 Å². The molecule has 5 nitrogen and oxygen atoms in total. The molecule has 0 N–H and O–H groups in total. The van der Waals surface area contributed by atoms with Gasteiger partial charge in [-0.1, -0.05) is 6.92 Å². The molecule has 3 aromatic heterocycles. The molecule has 0 spiro atoms. The van der Waals surface area contributed by atoms with Crippen molar-refractivity contribution in [1.82, 2.24) is 19.5 Å². The van der Waals surface area contributed by atoms with Crippen molar-refractivity contribution in [1.29, 1.82) is 0 Å². The van der Waals surface area contributed by atoms with Gasteiger partial charge in [-0.25, -0.2) is 15.0 Å². The van der Waals surface area contributed by atoms with Crippen molar-refractivity contribution in [2.45, 2.75) is 34.1 Å². The van der Waals surface area contributed by atoms with Gasteiger partial charge in [-0.05, 0) is 38.8 Å². The van der Waals surface area contributed by atoms with E-state index in [0.717, 1.165) is 45.8 Å². The van der Waals surface area contributed by atoms with E-state index < -0.39 is 0 Å². The normalized spacial score (nSPS) is 11.2. The molecule has 0 fully saturated rings. The Hall–Kier alpha value is -2.43. The highest BCUT2D eigenvalue weighted by atomic mass is 16.5. The predicted octanol–water partition coefficient (Wildman–Crippen LogP) is 3.61. The highest BCUT2D eigenvalue weighted by Crippen LogP contribution is 2.28. The summed E-state index contributed by atoms with van der Waals surface area (Å²) in [7, 11) is 2.00. The van der Waals surface area contributed by atoms with Gasteiger partial charge >= 0.3 is 0 Å². The summed E-state index contributed by atoms with van der Waals surface area (Å²) in [5.41, 5.74) is 6.84. The van der Waals surface area contributed by atoms with Gasteiger partial charge in [0.15, 0.2) is 5.65 Å². The summed E-state index contributed by atoms with van der Waals surface area (Å²) in [6, 6.07) is 3.94. The molecule has 120 valence electrons. The number of fused-ring (bicyclic) bond motifs is 1. The second kappa shape index (κ2) is 5.99. The first-order valence-corrected chi connectivity index (χ1v) is 7.98. The lowest BCUT2D eigenvalue weighted by molar-refractivity contribution is 0.326. The lowest BCUT2D eigenvalue weighted by Crippen LogP contribution is -2.02. The topological polar surface area (TPSA) is 52.8 Å². The molecule has 3 heterocycles. The van der Waals surface area contributed by atoms with Gasteiger partial charge in [0.05, 0.1) is 23.7 Å². The third-order valence-corrected chi connectivity index (χ3v) is 3.98. The van der Waals surface area contributed by atoms with Crippen LogP contribution in [0.1, 0.15) is 30.8 Å². The minimum atomic E-state index is 0.615. The maximum atomic E-state index is 5.51. The molecular weight excluding hydrogens is 288 g/mol. The van der Waals surface area contributed by atoms with E-state index in [1.807, 2.05) is 37.6 Å². The molecule has 5 heteroatoms. The van der Waals surface area contributed by atoms with E-state index in [2.05, 4.69) is 25.0 Å². The average Bonchev–Trinajstić information content (AvgIpc) is 2.81. The van der Waals surface area contributed by atoms with E-state index in [1.54, 1.807) is 0 Å². The Morgan fingerprint density at radius 3 is 2.57 bits per heavy atom. The first-order valence-electron chi connectivity index (χ1n) is 7.98. The van der Waals surface area contributed by atoms with E-state index in [4.69, 9.17) is 14.7 Å². The quantitative estimate of drug-likeness (QED) is 0.738. The second-order valence-electron chi connectivity index (χ2n) is 5.68. The maximum absolute atomic E-state index is 5.51. The van der Waals surface area contributed by atoms with Crippen LogP contribution in [0.4, 0.5) is 0 Å². The largest absolute Gasteiger partial charge is 0.478 e. The van der Waals surface area contributed by atoms with Gasteiger partial charge in [0.1, 0.15) is 5.52 Å². The Balaban J connectivity index is 2.19. The molecule has 0 bridgehead atoms. The molecule has 0 saturated heterocycles. The van der Waals surface area contributed by atoms with Gasteiger partial charge in [-0.2, -0.15) is 0 Å². The van der Waals surface area contributed by atoms with Crippen LogP contribution < -0.4 is 4.74 Å². The fourth-order valence-electron chi connectivity index (χ4n) is 2.88. The molecule has 0 amide bonds. The minimum Gasteiger partial charge on any atom is -0.478 e. The molecule has 3 rings (SSSR count). The summed E-state index contributed by atoms with van der Waals surface area (Å²) in [5, 5.41) is 0. The number of aryl methyl sites for hydroxylation is 4. The van der Waals surface area contributed by atoms with Crippen molar-refractivity contribution in [3.63, 3.8) is 0 Å². The monoisotopic (exact) mass is 310 g/mol. The van der Waals surface area contributed by atoms with Gasteiger partial charge in [-0.15, -0.1) is 0 Å². The molecule has 0 aliphatic carbocycles. The van der Waals surface area contributed by atoms with Crippen molar-refractivity contribution in [2.75, 3.05) is 6.61 Å². The lowest BCUT2D eigenvalue weighted by atomic mass is 10.1. The van der Waals surface area contributed by atoms with Crippen LogP contribution in [-0.4, -0.2) is 26.1 Å². The number of hydrogen-bond acceptors (Lipinski definition) is 4. The Bertz CT molecular complexity index is 867. The molecular formula is C18H22N4O. The lowest BCUT2D eigenvalue weighted by Gasteiger charge is -2.11. The number of hydrogen-bond donors (Lipinski definition) is 0. The smallest absolute Gasteiger partial charge is 0.213 e. The molecule has 0 aliphatic heterocycles. The fraction of sp³-hybridized carbons (Fsp3) is 0.389. The zero-order valence-electron chi connectivity index (χ0n) is 14.3. The highest BCUT2D eigenvalue weighted by Gasteiger charge is 2.15. The van der Waals surface area contributed by atoms with Crippen LogP contribution in [-0.2, 0) is 13.5 Å². The number of rotatable bonds is 4. The van der Waals surface area contributed by atoms with Crippen molar-refractivity contribution < 1.29 is 4.74 Å². The molecule has 23 heavy (non-hydrogen) atoms. The first-order chi connectivity index (χ1) is 11.0. The van der Waals surface area contributed by atoms with Gasteiger partial charge in [-0.3, -0.25) is 0 Å². The van der Waals surface area contributed by atoms with E-state index in [1.165, 1.54) is 0 Å². The Morgan fingerprint density at radius 2 is 1.87 bits per heavy atom. The van der Waals surface area contributed by atoms with Crippen LogP contribution in [0.25, 0.3) is 22.4 Å². The summed E-state index contributed by atoms with van der Waals surface area (Å²) in [6.07, 6.45) is 2.88. The molecule has 0 unspecified atom stereocenters. The third-order valence-electron chi connectivity index (χ3n) is 3.98. The predicted molar refractivity (Wildman–Crippen MR) is 91.8 cm³/mol. The van der Waals surface area contributed by atoms with Crippen LogP contribution in [0.2, 0.25) is 0 Å². The number of ether oxygens (including phenoxy) is 1.